The second-order valence-electron chi connectivity index (χ2n) is 11.7. The van der Waals surface area contributed by atoms with Crippen LogP contribution in [0, 0.1) is 23.7 Å². The number of nitrogens with one attached hydrogen (secondary N) is 1. The second-order valence-corrected chi connectivity index (χ2v) is 11.7. The number of Topliss-reactive ketones (excluding diaryl/α,β-unsaturated/α-hetero) is 4. The van der Waals surface area contributed by atoms with Crippen molar-refractivity contribution >= 4 is 34.7 Å². The van der Waals surface area contributed by atoms with Crippen LogP contribution in [-0.4, -0.2) is 90.5 Å². The van der Waals surface area contributed by atoms with Gasteiger partial charge < -0.3 is 26.2 Å². The Morgan fingerprint density at radius 3 is 2.38 bits per heavy atom. The normalized spacial score (nSPS) is 30.2. The third-order valence-corrected chi connectivity index (χ3v) is 8.81. The maximum Gasteiger partial charge on any atom is 0.235 e. The maximum absolute atomic E-state index is 14.0. The van der Waals surface area contributed by atoms with Crippen molar-refractivity contribution in [2.75, 3.05) is 39.6 Å². The molecule has 0 aromatic heterocycles. The predicted octanol–water partition coefficient (Wildman–Crippen LogP) is -0.0112. The van der Waals surface area contributed by atoms with Gasteiger partial charge >= 0.3 is 0 Å². The molecule has 0 aliphatic heterocycles. The number of aliphatic hydroxyl groups is 1. The van der Waals surface area contributed by atoms with E-state index in [1.54, 1.807) is 14.1 Å². The van der Waals surface area contributed by atoms with Crippen molar-refractivity contribution in [3.05, 3.63) is 34.4 Å². The van der Waals surface area contributed by atoms with Gasteiger partial charge in [0, 0.05) is 44.4 Å². The molecular formula is C29H38N4O7. The molecule has 11 nitrogen and oxygen atoms in total. The van der Waals surface area contributed by atoms with Crippen molar-refractivity contribution in [3.63, 3.8) is 0 Å². The van der Waals surface area contributed by atoms with Gasteiger partial charge in [-0.3, -0.25) is 28.9 Å². The Bertz CT molecular complexity index is 1330. The van der Waals surface area contributed by atoms with Crippen molar-refractivity contribution in [2.45, 2.75) is 44.9 Å². The topological polar surface area (TPSA) is 170 Å². The molecule has 2 fully saturated rings. The summed E-state index contributed by atoms with van der Waals surface area (Å²) in [6.07, 6.45) is 2.20. The fourth-order valence-electron chi connectivity index (χ4n) is 6.74. The van der Waals surface area contributed by atoms with E-state index in [9.17, 15) is 34.2 Å². The number of amides is 1. The van der Waals surface area contributed by atoms with E-state index in [1.807, 2.05) is 45.0 Å². The number of benzene rings is 1. The van der Waals surface area contributed by atoms with Crippen molar-refractivity contribution in [1.29, 1.82) is 0 Å². The van der Waals surface area contributed by atoms with Crippen molar-refractivity contribution in [3.8, 4) is 5.75 Å². The molecule has 0 bridgehead atoms. The lowest BCUT2D eigenvalue weighted by Gasteiger charge is -2.52. The Balaban J connectivity index is 1.83. The molecule has 0 spiro atoms. The maximum atomic E-state index is 14.0. The number of carbonyl (C=O) groups excluding carboxylic acids is 5. The number of phenolic OH excluding ortho intramolecular Hbond substituents is 1. The van der Waals surface area contributed by atoms with Gasteiger partial charge in [-0.25, -0.2) is 0 Å². The lowest BCUT2D eigenvalue weighted by Crippen LogP contribution is -2.74. The highest BCUT2D eigenvalue weighted by Crippen LogP contribution is 2.52. The average Bonchev–Trinajstić information content (AvgIpc) is 2.86. The number of anilines is 1. The molecule has 2 saturated carbocycles. The third kappa shape index (κ3) is 4.36. The molecule has 4 rings (SSSR count). The SMILES string of the molecule is CC=C(C)CNCc1cc(N(C)C)c2c(c1O)C(=O)C1C(=O)[C@]3(O)C(=O)C(C(N)=O)C(=O)[C@@H](N(C)C)[C@@H]3C[C@@H]1C2. The summed E-state index contributed by atoms with van der Waals surface area (Å²) >= 11 is 0. The van der Waals surface area contributed by atoms with Gasteiger partial charge in [0.15, 0.2) is 34.7 Å². The summed E-state index contributed by atoms with van der Waals surface area (Å²) in [5.41, 5.74) is 5.49. The predicted molar refractivity (Wildman–Crippen MR) is 147 cm³/mol. The number of ketones is 4. The average molecular weight is 555 g/mol. The molecule has 1 aromatic carbocycles. The summed E-state index contributed by atoms with van der Waals surface area (Å²) in [5.74, 6) is -10.4. The van der Waals surface area contributed by atoms with Crippen LogP contribution in [0.1, 0.15) is 41.8 Å². The molecule has 0 heterocycles. The Labute approximate surface area is 233 Å². The van der Waals surface area contributed by atoms with Gasteiger partial charge in [0.1, 0.15) is 5.75 Å². The van der Waals surface area contributed by atoms with E-state index < -0.39 is 64.4 Å². The van der Waals surface area contributed by atoms with E-state index in [1.165, 1.54) is 4.90 Å². The lowest BCUT2D eigenvalue weighted by atomic mass is 9.52. The summed E-state index contributed by atoms with van der Waals surface area (Å²) in [5, 5.41) is 26.2. The Kier molecular flexibility index (Phi) is 7.78. The molecule has 3 aliphatic rings. The van der Waals surface area contributed by atoms with E-state index in [4.69, 9.17) is 5.73 Å². The standard InChI is InChI=1S/C29H38N4O7/c1-7-13(2)11-31-12-15-10-18(32(3)4)16-8-14-9-17-22(33(5)6)25(36)21(28(30)39)27(38)29(17,40)26(37)19(14)24(35)20(16)23(15)34/h7,10,14,17,19,21-22,31,34,40H,8-9,11-12H2,1-6H3,(H2,30,39)/t14-,17-,19?,21?,22-,29-/m0/s1. The Morgan fingerprint density at radius 1 is 1.18 bits per heavy atom. The number of fused-ring (bicyclic) bond motifs is 3. The Morgan fingerprint density at radius 2 is 1.82 bits per heavy atom. The summed E-state index contributed by atoms with van der Waals surface area (Å²) in [6.45, 7) is 4.72. The van der Waals surface area contributed by atoms with E-state index in [-0.39, 0.29) is 30.7 Å². The van der Waals surface area contributed by atoms with Crippen molar-refractivity contribution in [2.24, 2.45) is 29.4 Å². The van der Waals surface area contributed by atoms with Gasteiger partial charge in [-0.15, -0.1) is 0 Å². The van der Waals surface area contributed by atoms with Gasteiger partial charge in [0.25, 0.3) is 0 Å². The summed E-state index contributed by atoms with van der Waals surface area (Å²) in [4.78, 5) is 70.1. The first-order chi connectivity index (χ1) is 18.7. The first-order valence-electron chi connectivity index (χ1n) is 13.4. The summed E-state index contributed by atoms with van der Waals surface area (Å²) in [6, 6.07) is 0.687. The first kappa shape index (κ1) is 29.6. The minimum absolute atomic E-state index is 0.00245. The number of hydrogen-bond acceptors (Lipinski definition) is 10. The van der Waals surface area contributed by atoms with Crippen LogP contribution in [0.3, 0.4) is 0 Å². The van der Waals surface area contributed by atoms with Crippen LogP contribution < -0.4 is 16.0 Å². The lowest BCUT2D eigenvalue weighted by molar-refractivity contribution is -0.181. The number of primary amides is 1. The van der Waals surface area contributed by atoms with Crippen LogP contribution in [0.5, 0.6) is 5.75 Å². The second kappa shape index (κ2) is 10.5. The molecule has 0 radical (unpaired) electrons. The number of rotatable bonds is 7. The molecule has 1 amide bonds. The van der Waals surface area contributed by atoms with Crippen LogP contribution in [0.15, 0.2) is 17.7 Å². The number of carbonyl (C=O) groups is 5. The summed E-state index contributed by atoms with van der Waals surface area (Å²) < 4.78 is 0. The molecule has 6 atom stereocenters. The molecule has 11 heteroatoms. The first-order valence-corrected chi connectivity index (χ1v) is 13.4. The van der Waals surface area contributed by atoms with Gasteiger partial charge in [-0.1, -0.05) is 11.6 Å². The monoisotopic (exact) mass is 554 g/mol. The minimum Gasteiger partial charge on any atom is -0.507 e. The van der Waals surface area contributed by atoms with Crippen LogP contribution in [0.2, 0.25) is 0 Å². The zero-order valence-corrected chi connectivity index (χ0v) is 23.8. The molecule has 5 N–H and O–H groups in total. The van der Waals surface area contributed by atoms with Gasteiger partial charge in [-0.2, -0.15) is 0 Å². The largest absolute Gasteiger partial charge is 0.507 e. The molecule has 1 aromatic rings. The van der Waals surface area contributed by atoms with E-state index >= 15 is 0 Å². The fraction of sp³-hybridized carbons (Fsp3) is 0.552. The van der Waals surface area contributed by atoms with E-state index in [0.717, 1.165) is 5.57 Å². The van der Waals surface area contributed by atoms with Crippen LogP contribution >= 0.6 is 0 Å². The number of likely N-dealkylation sites (N-methyl/N-ethyl adjacent to an activating group) is 1. The zero-order chi connectivity index (χ0) is 29.8. The molecule has 2 unspecified atom stereocenters. The molecule has 3 aliphatic carbocycles. The van der Waals surface area contributed by atoms with Gasteiger partial charge in [0.05, 0.1) is 17.5 Å². The smallest absolute Gasteiger partial charge is 0.235 e. The Hall–Kier alpha value is -3.41. The number of aromatic hydroxyl groups is 1. The van der Waals surface area contributed by atoms with Crippen molar-refractivity contribution < 1.29 is 34.2 Å². The number of nitrogens with zero attached hydrogens (tertiary/aromatic N) is 2. The highest BCUT2D eigenvalue weighted by molar-refractivity contribution is 6.32. The van der Waals surface area contributed by atoms with E-state index in [2.05, 4.69) is 5.32 Å². The molecule has 216 valence electrons. The van der Waals surface area contributed by atoms with Gasteiger partial charge in [-0.05, 0) is 58.3 Å². The number of hydrogen-bond donors (Lipinski definition) is 4. The van der Waals surface area contributed by atoms with E-state index in [0.29, 0.717) is 23.4 Å². The zero-order valence-electron chi connectivity index (χ0n) is 23.8. The van der Waals surface area contributed by atoms with Crippen molar-refractivity contribution in [1.82, 2.24) is 10.2 Å². The fourth-order valence-corrected chi connectivity index (χ4v) is 6.74. The molecule has 40 heavy (non-hydrogen) atoms. The molecular weight excluding hydrogens is 516 g/mol. The van der Waals surface area contributed by atoms with Crippen LogP contribution in [0.25, 0.3) is 0 Å². The highest BCUT2D eigenvalue weighted by Gasteiger charge is 2.69. The third-order valence-electron chi connectivity index (χ3n) is 8.81. The highest BCUT2D eigenvalue weighted by atomic mass is 16.3. The molecule has 0 saturated heterocycles. The van der Waals surface area contributed by atoms with Crippen LogP contribution in [0.4, 0.5) is 5.69 Å². The van der Waals surface area contributed by atoms with Gasteiger partial charge in [0.2, 0.25) is 5.91 Å². The van der Waals surface area contributed by atoms with Crippen LogP contribution in [-0.2, 0) is 32.1 Å². The number of phenols is 1. The number of allylic oxidation sites excluding steroid dienone is 1. The quantitative estimate of drug-likeness (QED) is 0.265. The number of nitrogens with two attached hydrogens (primary N) is 1. The summed E-state index contributed by atoms with van der Waals surface area (Å²) in [7, 11) is 6.76. The minimum atomic E-state index is -2.74.